The van der Waals surface area contributed by atoms with Crippen LogP contribution >= 0.6 is 0 Å². The molecular weight excluding hydrogens is 354 g/mol. The summed E-state index contributed by atoms with van der Waals surface area (Å²) in [5.41, 5.74) is 0.521. The summed E-state index contributed by atoms with van der Waals surface area (Å²) in [6.07, 6.45) is 1.50. The van der Waals surface area contributed by atoms with E-state index in [1.807, 2.05) is 13.8 Å². The fraction of sp³-hybridized carbons (Fsp3) is 0.500. The molecule has 2 amide bonds. The predicted molar refractivity (Wildman–Crippen MR) is 95.9 cm³/mol. The molecule has 9 heteroatoms. The fourth-order valence-corrected chi connectivity index (χ4v) is 3.04. The molecule has 1 aromatic rings. The number of rotatable bonds is 7. The van der Waals surface area contributed by atoms with Gasteiger partial charge in [-0.25, -0.2) is 4.79 Å². The third-order valence-corrected chi connectivity index (χ3v) is 4.30. The number of carbonyl (C=O) groups excluding carboxylic acids is 3. The summed E-state index contributed by atoms with van der Waals surface area (Å²) in [6, 6.07) is 3.68. The molecule has 1 aliphatic rings. The smallest absolute Gasteiger partial charge is 0.328 e. The quantitative estimate of drug-likeness (QED) is 0.317. The highest BCUT2D eigenvalue weighted by Crippen LogP contribution is 2.29. The van der Waals surface area contributed by atoms with E-state index in [0.29, 0.717) is 12.8 Å². The molecule has 4 N–H and O–H groups in total. The van der Waals surface area contributed by atoms with Gasteiger partial charge in [0.25, 0.3) is 0 Å². The number of nitrogens with zero attached hydrogens (tertiary/aromatic N) is 1. The maximum atomic E-state index is 12.1. The minimum absolute atomic E-state index is 0.0173. The van der Waals surface area contributed by atoms with Crippen LogP contribution in [0.2, 0.25) is 0 Å². The molecule has 1 heterocycles. The van der Waals surface area contributed by atoms with Gasteiger partial charge in [0.05, 0.1) is 12.8 Å². The van der Waals surface area contributed by atoms with E-state index in [9.17, 15) is 24.8 Å². The highest BCUT2D eigenvalue weighted by molar-refractivity contribution is 6.16. The maximum absolute atomic E-state index is 12.1. The molecule has 0 aromatic heterocycles. The van der Waals surface area contributed by atoms with Crippen molar-refractivity contribution < 1.29 is 34.8 Å². The maximum Gasteiger partial charge on any atom is 0.328 e. The summed E-state index contributed by atoms with van der Waals surface area (Å²) in [4.78, 5) is 37.3. The number of amides is 2. The molecular formula is C18H26N3O6+. The van der Waals surface area contributed by atoms with Crippen molar-refractivity contribution in [3.05, 3.63) is 18.2 Å². The lowest BCUT2D eigenvalue weighted by Crippen LogP contribution is -3.02. The first kappa shape index (κ1) is 20.8. The topological polar surface area (TPSA) is 121 Å². The van der Waals surface area contributed by atoms with Crippen molar-refractivity contribution in [2.24, 2.45) is 5.92 Å². The highest BCUT2D eigenvalue weighted by atomic mass is 16.8. The Balaban J connectivity index is 2.36. The van der Waals surface area contributed by atoms with E-state index >= 15 is 0 Å². The van der Waals surface area contributed by atoms with Gasteiger partial charge in [0.2, 0.25) is 17.5 Å². The minimum Gasteiger partial charge on any atom is -0.467 e. The minimum atomic E-state index is -0.982. The Kier molecular flexibility index (Phi) is 6.89. The number of methoxy groups -OCH3 is 1. The number of quaternary nitrogens is 1. The van der Waals surface area contributed by atoms with Gasteiger partial charge in [-0.2, -0.15) is 10.4 Å². The molecule has 0 spiro atoms. The first-order valence-corrected chi connectivity index (χ1v) is 8.84. The Morgan fingerprint density at radius 2 is 1.89 bits per heavy atom. The number of ether oxygens (including phenoxy) is 1. The van der Waals surface area contributed by atoms with E-state index in [1.165, 1.54) is 25.3 Å². The number of anilines is 2. The highest BCUT2D eigenvalue weighted by Gasteiger charge is 2.30. The zero-order chi connectivity index (χ0) is 20.1. The van der Waals surface area contributed by atoms with Crippen molar-refractivity contribution >= 4 is 34.8 Å². The Morgan fingerprint density at radius 1 is 1.26 bits per heavy atom. The summed E-state index contributed by atoms with van der Waals surface area (Å²) < 4.78 is 4.80. The van der Waals surface area contributed by atoms with Gasteiger partial charge in [0, 0.05) is 18.9 Å². The van der Waals surface area contributed by atoms with Gasteiger partial charge in [-0.1, -0.05) is 13.8 Å². The fourth-order valence-electron chi connectivity index (χ4n) is 3.04. The molecule has 1 atom stereocenters. The first-order chi connectivity index (χ1) is 12.7. The number of imide groups is 1. The van der Waals surface area contributed by atoms with Crippen molar-refractivity contribution in [1.82, 2.24) is 0 Å². The Labute approximate surface area is 157 Å². The van der Waals surface area contributed by atoms with Crippen LogP contribution in [-0.2, 0) is 19.1 Å². The lowest BCUT2D eigenvalue weighted by Gasteiger charge is -2.26. The van der Waals surface area contributed by atoms with E-state index in [4.69, 9.17) is 4.74 Å². The van der Waals surface area contributed by atoms with E-state index in [0.717, 1.165) is 4.90 Å². The van der Waals surface area contributed by atoms with Crippen LogP contribution in [0.5, 0.6) is 0 Å². The summed E-state index contributed by atoms with van der Waals surface area (Å²) in [7, 11) is 1.28. The second kappa shape index (κ2) is 8.94. The number of nitrogens with one attached hydrogen (secondary N) is 2. The first-order valence-electron chi connectivity index (χ1n) is 8.84. The molecule has 9 nitrogen and oxygen atoms in total. The van der Waals surface area contributed by atoms with Gasteiger partial charge in [-0.3, -0.25) is 14.5 Å². The number of benzene rings is 1. The molecule has 0 bridgehead atoms. The van der Waals surface area contributed by atoms with E-state index in [2.05, 4.69) is 5.32 Å². The van der Waals surface area contributed by atoms with E-state index in [-0.39, 0.29) is 47.6 Å². The lowest BCUT2D eigenvalue weighted by atomic mass is 10.0. The summed E-state index contributed by atoms with van der Waals surface area (Å²) in [5, 5.41) is 21.3. The van der Waals surface area contributed by atoms with Crippen LogP contribution in [0.15, 0.2) is 18.2 Å². The number of hydrogen-bond donors (Lipinski definition) is 4. The van der Waals surface area contributed by atoms with Gasteiger partial charge < -0.3 is 10.1 Å². The van der Waals surface area contributed by atoms with Gasteiger partial charge in [-0.15, -0.1) is 0 Å². The molecule has 2 rings (SSSR count). The monoisotopic (exact) mass is 380 g/mol. The molecule has 0 aliphatic carbocycles. The van der Waals surface area contributed by atoms with Crippen molar-refractivity contribution in [3.8, 4) is 0 Å². The van der Waals surface area contributed by atoms with Crippen molar-refractivity contribution in [2.45, 2.75) is 45.6 Å². The third kappa shape index (κ3) is 5.03. The van der Waals surface area contributed by atoms with Gasteiger partial charge in [-0.05, 0) is 36.1 Å². The van der Waals surface area contributed by atoms with Crippen LogP contribution in [0.1, 0.15) is 39.5 Å². The molecule has 0 saturated carbocycles. The van der Waals surface area contributed by atoms with Crippen LogP contribution < -0.4 is 15.4 Å². The van der Waals surface area contributed by atoms with Gasteiger partial charge in [0.1, 0.15) is 11.7 Å². The average molecular weight is 380 g/mol. The molecule has 0 radical (unpaired) electrons. The standard InChI is InChI=1S/C18H25N3O6/c1-11(2)9-14(18(24)27-3)19-13-8-7-12(10-15(13)21(25)26)20-16(22)5-4-6-17(20)23/h7-8,10-11,14,19,25-26H,4-6,9H2,1-3H3/p+1. The molecule has 1 fully saturated rings. The van der Waals surface area contributed by atoms with Crippen LogP contribution in [0, 0.1) is 5.92 Å². The molecule has 1 saturated heterocycles. The molecule has 1 aromatic carbocycles. The molecule has 1 unspecified atom stereocenters. The zero-order valence-corrected chi connectivity index (χ0v) is 15.7. The Bertz CT molecular complexity index is 703. The normalized spacial score (nSPS) is 16.0. The average Bonchev–Trinajstić information content (AvgIpc) is 2.60. The van der Waals surface area contributed by atoms with Crippen LogP contribution in [0.3, 0.4) is 0 Å². The van der Waals surface area contributed by atoms with Gasteiger partial charge in [0.15, 0.2) is 0 Å². The summed E-state index contributed by atoms with van der Waals surface area (Å²) in [6.45, 7) is 3.90. The number of carbonyl (C=O) groups is 3. The Morgan fingerprint density at radius 3 is 2.41 bits per heavy atom. The third-order valence-electron chi connectivity index (χ3n) is 4.30. The van der Waals surface area contributed by atoms with E-state index < -0.39 is 17.2 Å². The van der Waals surface area contributed by atoms with Crippen LogP contribution in [0.4, 0.5) is 17.1 Å². The second-order valence-electron chi connectivity index (χ2n) is 6.88. The Hall–Kier alpha value is -2.49. The SMILES string of the molecule is COC(=O)C(CC(C)C)Nc1ccc(N2C(=O)CCCC2=O)cc1[NH+](O)O. The second-order valence-corrected chi connectivity index (χ2v) is 6.88. The van der Waals surface area contributed by atoms with Gasteiger partial charge >= 0.3 is 5.97 Å². The van der Waals surface area contributed by atoms with Crippen molar-refractivity contribution in [2.75, 3.05) is 17.3 Å². The molecule has 148 valence electrons. The molecule has 27 heavy (non-hydrogen) atoms. The lowest BCUT2D eigenvalue weighted by molar-refractivity contribution is -1.19. The van der Waals surface area contributed by atoms with Crippen LogP contribution in [0.25, 0.3) is 0 Å². The predicted octanol–water partition coefficient (Wildman–Crippen LogP) is 1.02. The molecule has 1 aliphatic heterocycles. The number of piperidine rings is 1. The summed E-state index contributed by atoms with van der Waals surface area (Å²) >= 11 is 0. The van der Waals surface area contributed by atoms with Crippen LogP contribution in [-0.4, -0.2) is 41.3 Å². The van der Waals surface area contributed by atoms with E-state index in [1.54, 1.807) is 0 Å². The number of hydrogen-bond acceptors (Lipinski definition) is 7. The van der Waals surface area contributed by atoms with Crippen molar-refractivity contribution in [1.29, 1.82) is 0 Å². The summed E-state index contributed by atoms with van der Waals surface area (Å²) in [5.74, 6) is -0.942. The zero-order valence-electron chi connectivity index (χ0n) is 15.7. The number of esters is 1. The largest absolute Gasteiger partial charge is 0.467 e. The van der Waals surface area contributed by atoms with Crippen molar-refractivity contribution in [3.63, 3.8) is 0 Å².